The van der Waals surface area contributed by atoms with Crippen LogP contribution in [0, 0.1) is 0 Å². The first kappa shape index (κ1) is 17.8. The second-order valence-corrected chi connectivity index (χ2v) is 8.25. The Bertz CT molecular complexity index is 1190. The molecule has 2 aromatic carbocycles. The van der Waals surface area contributed by atoms with E-state index >= 15 is 0 Å². The van der Waals surface area contributed by atoms with Crippen LogP contribution in [-0.2, 0) is 11.2 Å². The second-order valence-electron chi connectivity index (χ2n) is 7.22. The molecule has 0 saturated carbocycles. The lowest BCUT2D eigenvalue weighted by Crippen LogP contribution is -2.39. The Morgan fingerprint density at radius 1 is 1.14 bits per heavy atom. The van der Waals surface area contributed by atoms with Crippen LogP contribution < -0.4 is 10.2 Å². The van der Waals surface area contributed by atoms with Crippen LogP contribution in [0.3, 0.4) is 0 Å². The molecule has 0 spiro atoms. The largest absolute Gasteiger partial charge is 0.360 e. The molecule has 144 valence electrons. The number of benzene rings is 2. The molecule has 1 aliphatic rings. The summed E-state index contributed by atoms with van der Waals surface area (Å²) >= 11 is 1.63. The van der Waals surface area contributed by atoms with Crippen molar-refractivity contribution in [3.05, 3.63) is 72.6 Å². The van der Waals surface area contributed by atoms with Gasteiger partial charge in [0.1, 0.15) is 17.0 Å². The lowest BCUT2D eigenvalue weighted by Gasteiger charge is -2.23. The minimum absolute atomic E-state index is 0.0488. The first-order valence-electron chi connectivity index (χ1n) is 9.64. The van der Waals surface area contributed by atoms with E-state index in [1.54, 1.807) is 17.7 Å². The van der Waals surface area contributed by atoms with E-state index in [4.69, 9.17) is 0 Å². The zero-order chi connectivity index (χ0) is 19.8. The van der Waals surface area contributed by atoms with Gasteiger partial charge in [0.2, 0.25) is 5.91 Å². The van der Waals surface area contributed by atoms with Crippen molar-refractivity contribution in [3.63, 3.8) is 0 Å². The molecule has 1 amide bonds. The van der Waals surface area contributed by atoms with Gasteiger partial charge in [0.15, 0.2) is 0 Å². The Kier molecular flexibility index (Phi) is 4.48. The number of hydrogen-bond acceptors (Lipinski definition) is 5. The van der Waals surface area contributed by atoms with Gasteiger partial charge >= 0.3 is 0 Å². The number of amides is 1. The van der Waals surface area contributed by atoms with Crippen molar-refractivity contribution in [1.29, 1.82) is 0 Å². The molecule has 1 atom stereocenters. The summed E-state index contributed by atoms with van der Waals surface area (Å²) < 4.78 is 0. The maximum absolute atomic E-state index is 13.0. The first-order chi connectivity index (χ1) is 14.2. The standard InChI is InChI=1S/C23H20N4OS/c1-15-11-17-9-5-6-10-19(17)27(15)21(28)13-24-22-18-12-20(16-7-3-2-4-8-16)29-23(18)26-14-25-22/h2-10,12,14-15H,11,13H2,1H3,(H,24,25,26). The first-order valence-corrected chi connectivity index (χ1v) is 10.5. The average molecular weight is 401 g/mol. The number of hydrogen-bond donors (Lipinski definition) is 1. The summed E-state index contributed by atoms with van der Waals surface area (Å²) in [6, 6.07) is 20.6. The summed E-state index contributed by atoms with van der Waals surface area (Å²) in [5, 5.41) is 4.19. The van der Waals surface area contributed by atoms with Crippen LogP contribution in [0.5, 0.6) is 0 Å². The SMILES string of the molecule is CC1Cc2ccccc2N1C(=O)CNc1ncnc2sc(-c3ccccc3)cc12. The monoisotopic (exact) mass is 400 g/mol. The number of carbonyl (C=O) groups excluding carboxylic acids is 1. The average Bonchev–Trinajstić information content (AvgIpc) is 3.33. The van der Waals surface area contributed by atoms with Crippen molar-refractivity contribution in [2.75, 3.05) is 16.8 Å². The molecule has 0 fully saturated rings. The summed E-state index contributed by atoms with van der Waals surface area (Å²) in [4.78, 5) is 25.7. The molecule has 29 heavy (non-hydrogen) atoms. The number of nitrogens with one attached hydrogen (secondary N) is 1. The molecular weight excluding hydrogens is 380 g/mol. The van der Waals surface area contributed by atoms with Crippen molar-refractivity contribution in [3.8, 4) is 10.4 Å². The number of carbonyl (C=O) groups is 1. The molecule has 0 bridgehead atoms. The van der Waals surface area contributed by atoms with E-state index in [0.29, 0.717) is 5.82 Å². The highest BCUT2D eigenvalue weighted by Crippen LogP contribution is 2.35. The number of para-hydroxylation sites is 1. The lowest BCUT2D eigenvalue weighted by molar-refractivity contribution is -0.117. The van der Waals surface area contributed by atoms with Crippen LogP contribution >= 0.6 is 11.3 Å². The quantitative estimate of drug-likeness (QED) is 0.537. The maximum atomic E-state index is 13.0. The lowest BCUT2D eigenvalue weighted by atomic mass is 10.1. The third-order valence-corrected chi connectivity index (χ3v) is 6.36. The van der Waals surface area contributed by atoms with Gasteiger partial charge in [0, 0.05) is 16.6 Å². The third kappa shape index (κ3) is 3.25. The number of thiophene rings is 1. The van der Waals surface area contributed by atoms with Gasteiger partial charge in [-0.15, -0.1) is 11.3 Å². The van der Waals surface area contributed by atoms with Crippen LogP contribution in [0.1, 0.15) is 12.5 Å². The van der Waals surface area contributed by atoms with Gasteiger partial charge in [-0.05, 0) is 36.6 Å². The Balaban J connectivity index is 1.38. The van der Waals surface area contributed by atoms with Gasteiger partial charge in [-0.25, -0.2) is 9.97 Å². The molecule has 2 aromatic heterocycles. The van der Waals surface area contributed by atoms with Gasteiger partial charge < -0.3 is 10.2 Å². The van der Waals surface area contributed by atoms with E-state index in [2.05, 4.69) is 46.5 Å². The van der Waals surface area contributed by atoms with Crippen molar-refractivity contribution in [2.45, 2.75) is 19.4 Å². The molecule has 1 unspecified atom stereocenters. The maximum Gasteiger partial charge on any atom is 0.246 e. The molecule has 4 aromatic rings. The van der Waals surface area contributed by atoms with Gasteiger partial charge in [-0.2, -0.15) is 0 Å². The Hall–Kier alpha value is -3.25. The van der Waals surface area contributed by atoms with Gasteiger partial charge in [0.05, 0.1) is 11.9 Å². The van der Waals surface area contributed by atoms with E-state index in [-0.39, 0.29) is 18.5 Å². The minimum atomic E-state index is 0.0488. The van der Waals surface area contributed by atoms with E-state index in [0.717, 1.165) is 32.8 Å². The highest BCUT2D eigenvalue weighted by molar-refractivity contribution is 7.21. The van der Waals surface area contributed by atoms with Crippen molar-refractivity contribution >= 4 is 39.0 Å². The zero-order valence-corrected chi connectivity index (χ0v) is 16.8. The van der Waals surface area contributed by atoms with E-state index in [9.17, 15) is 4.79 Å². The molecule has 6 heteroatoms. The van der Waals surface area contributed by atoms with Crippen LogP contribution in [-0.4, -0.2) is 28.5 Å². The number of nitrogens with zero attached hydrogens (tertiary/aromatic N) is 3. The van der Waals surface area contributed by atoms with Gasteiger partial charge in [0.25, 0.3) is 0 Å². The summed E-state index contributed by atoms with van der Waals surface area (Å²) in [5.74, 6) is 0.745. The summed E-state index contributed by atoms with van der Waals surface area (Å²) in [6.07, 6.45) is 2.44. The normalized spacial score (nSPS) is 15.5. The molecule has 1 N–H and O–H groups in total. The molecule has 5 nitrogen and oxygen atoms in total. The van der Waals surface area contributed by atoms with E-state index in [1.807, 2.05) is 41.3 Å². The van der Waals surface area contributed by atoms with Gasteiger partial charge in [-0.1, -0.05) is 48.5 Å². The number of fused-ring (bicyclic) bond motifs is 2. The Morgan fingerprint density at radius 3 is 2.79 bits per heavy atom. The highest BCUT2D eigenvalue weighted by Gasteiger charge is 2.30. The summed E-state index contributed by atoms with van der Waals surface area (Å²) in [7, 11) is 0. The molecule has 0 saturated heterocycles. The fraction of sp³-hybridized carbons (Fsp3) is 0.174. The van der Waals surface area contributed by atoms with Crippen LogP contribution in [0.4, 0.5) is 11.5 Å². The topological polar surface area (TPSA) is 58.1 Å². The Labute approximate surface area is 173 Å². The molecule has 0 radical (unpaired) electrons. The van der Waals surface area contributed by atoms with Crippen LogP contribution in [0.15, 0.2) is 67.0 Å². The Morgan fingerprint density at radius 2 is 1.93 bits per heavy atom. The molecule has 0 aliphatic carbocycles. The molecule has 3 heterocycles. The summed E-state index contributed by atoms with van der Waals surface area (Å²) in [5.41, 5.74) is 3.39. The highest BCUT2D eigenvalue weighted by atomic mass is 32.1. The van der Waals surface area contributed by atoms with Crippen LogP contribution in [0.2, 0.25) is 0 Å². The van der Waals surface area contributed by atoms with Crippen molar-refractivity contribution in [1.82, 2.24) is 9.97 Å². The molecule has 5 rings (SSSR count). The summed E-state index contributed by atoms with van der Waals surface area (Å²) in [6.45, 7) is 2.28. The van der Waals surface area contributed by atoms with Crippen molar-refractivity contribution < 1.29 is 4.79 Å². The molecular formula is C23H20N4OS. The van der Waals surface area contributed by atoms with Gasteiger partial charge in [-0.3, -0.25) is 4.79 Å². The van der Waals surface area contributed by atoms with E-state index < -0.39 is 0 Å². The fourth-order valence-corrected chi connectivity index (χ4v) is 4.94. The van der Waals surface area contributed by atoms with Crippen molar-refractivity contribution in [2.24, 2.45) is 0 Å². The number of anilines is 2. The van der Waals surface area contributed by atoms with Crippen LogP contribution in [0.25, 0.3) is 20.7 Å². The minimum Gasteiger partial charge on any atom is -0.360 e. The predicted octanol–water partition coefficient (Wildman–Crippen LogP) is 4.75. The third-order valence-electron chi connectivity index (χ3n) is 5.27. The zero-order valence-electron chi connectivity index (χ0n) is 16.0. The smallest absolute Gasteiger partial charge is 0.246 e. The van der Waals surface area contributed by atoms with E-state index in [1.165, 1.54) is 5.56 Å². The predicted molar refractivity (Wildman–Crippen MR) is 118 cm³/mol. The fourth-order valence-electron chi connectivity index (χ4n) is 3.93. The second kappa shape index (κ2) is 7.29. The number of rotatable bonds is 4. The molecule has 1 aliphatic heterocycles. The number of aromatic nitrogens is 2.